The highest BCUT2D eigenvalue weighted by Gasteiger charge is 2.16. The van der Waals surface area contributed by atoms with E-state index in [2.05, 4.69) is 36.2 Å². The number of nitrogens with zero attached hydrogens (tertiary/aromatic N) is 4. The third kappa shape index (κ3) is 4.27. The second-order valence-electron chi connectivity index (χ2n) is 6.79. The average Bonchev–Trinajstić information content (AvgIpc) is 3.44. The minimum atomic E-state index is -0.203. The Hall–Kier alpha value is -2.94. The molecule has 0 aliphatic carbocycles. The van der Waals surface area contributed by atoms with E-state index < -0.39 is 0 Å². The number of thiophene rings is 1. The first kappa shape index (κ1) is 20.0. The molecule has 0 saturated carbocycles. The van der Waals surface area contributed by atoms with Crippen molar-refractivity contribution in [2.24, 2.45) is 0 Å². The van der Waals surface area contributed by atoms with Crippen LogP contribution in [-0.2, 0) is 12.2 Å². The number of thioether (sulfide) groups is 1. The molecule has 0 amide bonds. The van der Waals surface area contributed by atoms with Gasteiger partial charge in [-0.3, -0.25) is 9.36 Å². The molecular formula is C22H16ClN5OS2. The molecule has 154 valence electrons. The Balaban J connectivity index is 1.47. The zero-order chi connectivity index (χ0) is 21.2. The molecule has 0 unspecified atom stereocenters. The average molecular weight is 466 g/mol. The number of benzene rings is 2. The summed E-state index contributed by atoms with van der Waals surface area (Å²) in [5.74, 6) is 1.90. The predicted molar refractivity (Wildman–Crippen MR) is 125 cm³/mol. The maximum absolute atomic E-state index is 12.4. The van der Waals surface area contributed by atoms with Crippen LogP contribution in [0.1, 0.15) is 16.5 Å². The summed E-state index contributed by atoms with van der Waals surface area (Å²) in [7, 11) is 0. The van der Waals surface area contributed by atoms with Crippen LogP contribution in [0.4, 0.5) is 0 Å². The van der Waals surface area contributed by atoms with E-state index in [1.807, 2.05) is 36.4 Å². The molecule has 5 rings (SSSR count). The molecule has 3 heterocycles. The van der Waals surface area contributed by atoms with Crippen LogP contribution >= 0.6 is 34.7 Å². The van der Waals surface area contributed by atoms with Gasteiger partial charge in [-0.15, -0.1) is 21.5 Å². The zero-order valence-corrected chi connectivity index (χ0v) is 18.5. The molecule has 0 saturated heterocycles. The summed E-state index contributed by atoms with van der Waals surface area (Å²) in [5, 5.41) is 12.7. The first-order chi connectivity index (χ1) is 15.2. The third-order valence-corrected chi connectivity index (χ3v) is 6.73. The summed E-state index contributed by atoms with van der Waals surface area (Å²) in [6.07, 6.45) is 0.700. The van der Waals surface area contributed by atoms with Crippen molar-refractivity contribution >= 4 is 45.6 Å². The summed E-state index contributed by atoms with van der Waals surface area (Å²) in [5.41, 5.74) is 1.41. The highest BCUT2D eigenvalue weighted by Crippen LogP contribution is 2.26. The van der Waals surface area contributed by atoms with Gasteiger partial charge in [0.25, 0.3) is 5.56 Å². The van der Waals surface area contributed by atoms with E-state index in [9.17, 15) is 4.79 Å². The fourth-order valence-electron chi connectivity index (χ4n) is 3.27. The van der Waals surface area contributed by atoms with Crippen molar-refractivity contribution in [1.29, 1.82) is 0 Å². The molecular weight excluding hydrogens is 450 g/mol. The van der Waals surface area contributed by atoms with Crippen molar-refractivity contribution in [3.8, 4) is 5.69 Å². The molecule has 0 atom stereocenters. The number of hydrogen-bond donors (Lipinski definition) is 1. The highest BCUT2D eigenvalue weighted by molar-refractivity contribution is 7.98. The summed E-state index contributed by atoms with van der Waals surface area (Å²) < 4.78 is 2.06. The number of nitrogens with one attached hydrogen (secondary N) is 1. The van der Waals surface area contributed by atoms with Gasteiger partial charge in [0.15, 0.2) is 5.16 Å². The third-order valence-electron chi connectivity index (χ3n) is 4.68. The number of rotatable bonds is 6. The molecule has 0 spiro atoms. The van der Waals surface area contributed by atoms with Crippen LogP contribution in [0.2, 0.25) is 5.02 Å². The minimum absolute atomic E-state index is 0.203. The number of H-pyrrole nitrogens is 1. The van der Waals surface area contributed by atoms with Crippen molar-refractivity contribution in [1.82, 2.24) is 24.7 Å². The van der Waals surface area contributed by atoms with Crippen LogP contribution in [0.25, 0.3) is 16.6 Å². The van der Waals surface area contributed by atoms with Gasteiger partial charge in [-0.2, -0.15) is 0 Å². The second kappa shape index (κ2) is 8.66. The molecule has 5 aromatic rings. The van der Waals surface area contributed by atoms with E-state index in [-0.39, 0.29) is 5.56 Å². The van der Waals surface area contributed by atoms with Gasteiger partial charge < -0.3 is 4.98 Å². The molecule has 1 N–H and O–H groups in total. The van der Waals surface area contributed by atoms with Gasteiger partial charge in [-0.05, 0) is 41.8 Å². The highest BCUT2D eigenvalue weighted by atomic mass is 35.5. The number of para-hydroxylation sites is 1. The second-order valence-corrected chi connectivity index (χ2v) is 9.20. The van der Waals surface area contributed by atoms with Crippen molar-refractivity contribution < 1.29 is 0 Å². The van der Waals surface area contributed by atoms with E-state index in [1.54, 1.807) is 29.5 Å². The van der Waals surface area contributed by atoms with E-state index >= 15 is 0 Å². The Morgan fingerprint density at radius 3 is 2.74 bits per heavy atom. The molecule has 0 aliphatic heterocycles. The summed E-state index contributed by atoms with van der Waals surface area (Å²) in [4.78, 5) is 21.1. The quantitative estimate of drug-likeness (QED) is 0.353. The molecule has 6 nitrogen and oxygen atoms in total. The van der Waals surface area contributed by atoms with E-state index in [0.29, 0.717) is 33.9 Å². The molecule has 3 aromatic heterocycles. The lowest BCUT2D eigenvalue weighted by molar-refractivity contribution is 0.849. The van der Waals surface area contributed by atoms with Crippen LogP contribution in [0.15, 0.2) is 76.0 Å². The summed E-state index contributed by atoms with van der Waals surface area (Å²) >= 11 is 9.18. The zero-order valence-electron chi connectivity index (χ0n) is 16.2. The first-order valence-electron chi connectivity index (χ1n) is 9.51. The number of hydrogen-bond acceptors (Lipinski definition) is 6. The van der Waals surface area contributed by atoms with Crippen molar-refractivity contribution in [2.45, 2.75) is 17.3 Å². The maximum atomic E-state index is 12.4. The molecule has 31 heavy (non-hydrogen) atoms. The molecule has 0 aliphatic rings. The van der Waals surface area contributed by atoms with Crippen LogP contribution in [-0.4, -0.2) is 24.7 Å². The maximum Gasteiger partial charge on any atom is 0.258 e. The smallest absolute Gasteiger partial charge is 0.258 e. The van der Waals surface area contributed by atoms with Gasteiger partial charge >= 0.3 is 0 Å². The Bertz CT molecular complexity index is 1400. The van der Waals surface area contributed by atoms with Crippen molar-refractivity contribution in [2.75, 3.05) is 0 Å². The summed E-state index contributed by atoms with van der Waals surface area (Å²) in [6.45, 7) is 0. The van der Waals surface area contributed by atoms with E-state index in [1.165, 1.54) is 16.6 Å². The van der Waals surface area contributed by atoms with Gasteiger partial charge in [0.2, 0.25) is 0 Å². The minimum Gasteiger partial charge on any atom is -0.309 e. The molecule has 0 bridgehead atoms. The van der Waals surface area contributed by atoms with E-state index in [0.717, 1.165) is 16.7 Å². The fourth-order valence-corrected chi connectivity index (χ4v) is 4.99. The lowest BCUT2D eigenvalue weighted by atomic mass is 10.2. The molecule has 2 aromatic carbocycles. The number of halogens is 1. The van der Waals surface area contributed by atoms with Gasteiger partial charge in [0.1, 0.15) is 11.6 Å². The first-order valence-corrected chi connectivity index (χ1v) is 11.7. The SMILES string of the molecule is O=c1[nH]c(CSc2nnc(Cc3cccs3)n2-c2ccccc2)nc2ccc(Cl)cc12. The number of aromatic amines is 1. The number of fused-ring (bicyclic) bond motifs is 1. The van der Waals surface area contributed by atoms with Gasteiger partial charge in [0, 0.05) is 22.0 Å². The lowest BCUT2D eigenvalue weighted by Crippen LogP contribution is -2.11. The normalized spacial score (nSPS) is 11.3. The van der Waals surface area contributed by atoms with Gasteiger partial charge in [-0.25, -0.2) is 4.98 Å². The van der Waals surface area contributed by atoms with Gasteiger partial charge in [0.05, 0.1) is 16.7 Å². The van der Waals surface area contributed by atoms with Gasteiger partial charge in [-0.1, -0.05) is 47.6 Å². The van der Waals surface area contributed by atoms with Crippen LogP contribution in [0.5, 0.6) is 0 Å². The van der Waals surface area contributed by atoms with E-state index in [4.69, 9.17) is 11.6 Å². The van der Waals surface area contributed by atoms with Crippen molar-refractivity contribution in [3.63, 3.8) is 0 Å². The molecule has 0 fully saturated rings. The molecule has 0 radical (unpaired) electrons. The van der Waals surface area contributed by atoms with Crippen LogP contribution in [0, 0.1) is 0 Å². The molecule has 9 heteroatoms. The Morgan fingerprint density at radius 1 is 1.06 bits per heavy atom. The Morgan fingerprint density at radius 2 is 1.94 bits per heavy atom. The summed E-state index contributed by atoms with van der Waals surface area (Å²) in [6, 6.07) is 19.3. The standard InChI is InChI=1S/C22H16ClN5OS2/c23-14-8-9-18-17(11-14)21(29)25-19(24-18)13-31-22-27-26-20(12-16-7-4-10-30-16)28(22)15-5-2-1-3-6-15/h1-11H,12-13H2,(H,24,25,29). The largest absolute Gasteiger partial charge is 0.309 e. The van der Waals surface area contributed by atoms with Crippen LogP contribution < -0.4 is 5.56 Å². The predicted octanol–water partition coefficient (Wildman–Crippen LogP) is 5.10. The Labute approximate surface area is 191 Å². The lowest BCUT2D eigenvalue weighted by Gasteiger charge is -2.10. The fraction of sp³-hybridized carbons (Fsp3) is 0.0909. The monoisotopic (exact) mass is 465 g/mol. The Kier molecular flexibility index (Phi) is 5.59. The number of aromatic nitrogens is 5. The van der Waals surface area contributed by atoms with Crippen LogP contribution in [0.3, 0.4) is 0 Å². The van der Waals surface area contributed by atoms with Crippen molar-refractivity contribution in [3.05, 3.63) is 97.9 Å². The topological polar surface area (TPSA) is 76.5 Å².